The van der Waals surface area contributed by atoms with Crippen molar-refractivity contribution in [2.75, 3.05) is 0 Å². The Bertz CT molecular complexity index is 1570. The van der Waals surface area contributed by atoms with Gasteiger partial charge in [-0.2, -0.15) is 0 Å². The van der Waals surface area contributed by atoms with Gasteiger partial charge in [0.15, 0.2) is 0 Å². The summed E-state index contributed by atoms with van der Waals surface area (Å²) in [7, 11) is 0. The van der Waals surface area contributed by atoms with E-state index in [0.29, 0.717) is 22.8 Å². The van der Waals surface area contributed by atoms with Crippen LogP contribution in [0.25, 0.3) is 48.6 Å². The highest BCUT2D eigenvalue weighted by molar-refractivity contribution is 5.80. The Balaban J connectivity index is 1.63. The van der Waals surface area contributed by atoms with Gasteiger partial charge >= 0.3 is 0 Å². The molecule has 0 amide bonds. The van der Waals surface area contributed by atoms with Crippen LogP contribution in [0.2, 0.25) is 0 Å². The van der Waals surface area contributed by atoms with Crippen LogP contribution in [0.4, 0.5) is 0 Å². The van der Waals surface area contributed by atoms with Crippen LogP contribution in [0.1, 0.15) is 68.3 Å². The molecule has 0 atom stereocenters. The minimum Gasteiger partial charge on any atom is -0.254 e. The molecule has 0 spiro atoms. The Morgan fingerprint density at radius 1 is 0.310 bits per heavy atom. The predicted octanol–water partition coefficient (Wildman–Crippen LogP) is 7.97. The molecule has 0 saturated heterocycles. The van der Waals surface area contributed by atoms with Crippen molar-refractivity contribution in [2.45, 2.75) is 27.7 Å². The van der Waals surface area contributed by atoms with E-state index in [9.17, 15) is 0 Å². The fourth-order valence-electron chi connectivity index (χ4n) is 4.26. The third-order valence-electron chi connectivity index (χ3n) is 6.29. The summed E-state index contributed by atoms with van der Waals surface area (Å²) < 4.78 is 0. The molecule has 206 valence electrons. The van der Waals surface area contributed by atoms with Gasteiger partial charge in [0, 0.05) is 22.8 Å². The van der Waals surface area contributed by atoms with Gasteiger partial charge in [-0.25, -0.2) is 9.97 Å². The van der Waals surface area contributed by atoms with Gasteiger partial charge in [-0.05, 0) is 125 Å². The standard InChI is InChI=1S/C36H32N6/c1-25-9-5-13-29(37-25)17-21-33-34(22-18-30-14-6-10-26(2)38-30)42-36(24-20-32-16-8-12-28(4)40-32)35(41-33)23-19-31-15-7-11-27(3)39-31/h5-24H,1-4H3. The van der Waals surface area contributed by atoms with Crippen LogP contribution < -0.4 is 0 Å². The van der Waals surface area contributed by atoms with Crippen LogP contribution >= 0.6 is 0 Å². The average molecular weight is 549 g/mol. The summed E-state index contributed by atoms with van der Waals surface area (Å²) >= 11 is 0. The Kier molecular flexibility index (Phi) is 8.94. The molecule has 0 bridgehead atoms. The molecule has 42 heavy (non-hydrogen) atoms. The Morgan fingerprint density at radius 2 is 0.548 bits per heavy atom. The third kappa shape index (κ3) is 7.86. The van der Waals surface area contributed by atoms with Crippen molar-refractivity contribution in [3.05, 3.63) is 141 Å². The van der Waals surface area contributed by atoms with Crippen molar-refractivity contribution in [1.29, 1.82) is 0 Å². The van der Waals surface area contributed by atoms with Crippen molar-refractivity contribution in [3.8, 4) is 0 Å². The van der Waals surface area contributed by atoms with E-state index in [1.165, 1.54) is 0 Å². The van der Waals surface area contributed by atoms with Crippen LogP contribution in [-0.2, 0) is 0 Å². The van der Waals surface area contributed by atoms with Gasteiger partial charge < -0.3 is 0 Å². The molecule has 0 N–H and O–H groups in total. The molecule has 0 aliphatic rings. The molecule has 5 heterocycles. The largest absolute Gasteiger partial charge is 0.254 e. The molecule has 6 nitrogen and oxygen atoms in total. The van der Waals surface area contributed by atoms with Crippen molar-refractivity contribution in [1.82, 2.24) is 29.9 Å². The van der Waals surface area contributed by atoms with Crippen LogP contribution in [-0.4, -0.2) is 29.9 Å². The number of hydrogen-bond donors (Lipinski definition) is 0. The monoisotopic (exact) mass is 548 g/mol. The second-order valence-electron chi connectivity index (χ2n) is 9.91. The van der Waals surface area contributed by atoms with Gasteiger partial charge in [-0.3, -0.25) is 19.9 Å². The van der Waals surface area contributed by atoms with E-state index in [0.717, 1.165) is 45.6 Å². The maximum Gasteiger partial charge on any atom is 0.0895 e. The van der Waals surface area contributed by atoms with E-state index in [1.54, 1.807) is 0 Å². The first-order valence-corrected chi connectivity index (χ1v) is 13.8. The lowest BCUT2D eigenvalue weighted by molar-refractivity contribution is 1.12. The van der Waals surface area contributed by atoms with Gasteiger partial charge in [-0.15, -0.1) is 0 Å². The summed E-state index contributed by atoms with van der Waals surface area (Å²) in [6, 6.07) is 23.8. The Morgan fingerprint density at radius 3 is 0.762 bits per heavy atom. The van der Waals surface area contributed by atoms with Gasteiger partial charge in [0.05, 0.1) is 45.6 Å². The molecule has 0 aliphatic carbocycles. The maximum absolute atomic E-state index is 5.07. The van der Waals surface area contributed by atoms with Gasteiger partial charge in [0.25, 0.3) is 0 Å². The smallest absolute Gasteiger partial charge is 0.0895 e. The molecule has 0 aromatic carbocycles. The SMILES string of the molecule is Cc1cccc(C=Cc2nc(C=Cc3cccc(C)n3)c(C=Cc3cccc(C)n3)nc2C=Cc2cccc(C)n2)n1. The van der Waals surface area contributed by atoms with Gasteiger partial charge in [0.2, 0.25) is 0 Å². The topological polar surface area (TPSA) is 77.3 Å². The molecule has 5 aromatic heterocycles. The summed E-state index contributed by atoms with van der Waals surface area (Å²) in [5.74, 6) is 0. The van der Waals surface area contributed by atoms with Crippen LogP contribution in [0.3, 0.4) is 0 Å². The Labute approximate surface area is 247 Å². The number of nitrogens with zero attached hydrogens (tertiary/aromatic N) is 6. The molecule has 0 fully saturated rings. The highest BCUT2D eigenvalue weighted by atomic mass is 14.8. The number of hydrogen-bond acceptors (Lipinski definition) is 6. The molecular weight excluding hydrogens is 516 g/mol. The molecule has 0 saturated carbocycles. The first-order chi connectivity index (χ1) is 20.4. The molecule has 0 unspecified atom stereocenters. The van der Waals surface area contributed by atoms with Crippen molar-refractivity contribution in [2.24, 2.45) is 0 Å². The van der Waals surface area contributed by atoms with Gasteiger partial charge in [-0.1, -0.05) is 24.3 Å². The highest BCUT2D eigenvalue weighted by Gasteiger charge is 2.09. The maximum atomic E-state index is 5.07. The average Bonchev–Trinajstić information content (AvgIpc) is 2.97. The molecule has 5 aromatic rings. The first-order valence-electron chi connectivity index (χ1n) is 13.8. The first kappa shape index (κ1) is 28.2. The minimum absolute atomic E-state index is 0.713. The lowest BCUT2D eigenvalue weighted by Gasteiger charge is -2.07. The zero-order valence-corrected chi connectivity index (χ0v) is 24.2. The van der Waals surface area contributed by atoms with Crippen LogP contribution in [0.15, 0.2) is 72.8 Å². The van der Waals surface area contributed by atoms with Crippen LogP contribution in [0.5, 0.6) is 0 Å². The van der Waals surface area contributed by atoms with Crippen molar-refractivity contribution in [3.63, 3.8) is 0 Å². The fourth-order valence-corrected chi connectivity index (χ4v) is 4.26. The van der Waals surface area contributed by atoms with Gasteiger partial charge in [0.1, 0.15) is 0 Å². The van der Waals surface area contributed by atoms with E-state index in [2.05, 4.69) is 19.9 Å². The summed E-state index contributed by atoms with van der Waals surface area (Å²) in [5.41, 5.74) is 10.1. The molecule has 0 radical (unpaired) electrons. The molecule has 6 heteroatoms. The lowest BCUT2D eigenvalue weighted by Crippen LogP contribution is -2.00. The third-order valence-corrected chi connectivity index (χ3v) is 6.29. The van der Waals surface area contributed by atoms with E-state index in [4.69, 9.17) is 9.97 Å². The minimum atomic E-state index is 0.713. The van der Waals surface area contributed by atoms with E-state index >= 15 is 0 Å². The van der Waals surface area contributed by atoms with Crippen molar-refractivity contribution >= 4 is 48.6 Å². The zero-order chi connectivity index (χ0) is 29.3. The fraction of sp³-hybridized carbons (Fsp3) is 0.111. The molecular formula is C36H32N6. The zero-order valence-electron chi connectivity index (χ0n) is 24.2. The van der Waals surface area contributed by atoms with E-state index in [1.807, 2.05) is 149 Å². The number of aryl methyl sites for hydroxylation is 4. The predicted molar refractivity (Wildman–Crippen MR) is 174 cm³/mol. The number of rotatable bonds is 8. The summed E-state index contributed by atoms with van der Waals surface area (Å²) in [6.07, 6.45) is 15.7. The molecule has 0 aliphatic heterocycles. The van der Waals surface area contributed by atoms with E-state index in [-0.39, 0.29) is 0 Å². The van der Waals surface area contributed by atoms with Crippen molar-refractivity contribution < 1.29 is 0 Å². The number of pyridine rings is 4. The quantitative estimate of drug-likeness (QED) is 0.196. The highest BCUT2D eigenvalue weighted by Crippen LogP contribution is 2.20. The number of aromatic nitrogens is 6. The summed E-state index contributed by atoms with van der Waals surface area (Å²) in [6.45, 7) is 7.92. The van der Waals surface area contributed by atoms with E-state index < -0.39 is 0 Å². The normalized spacial score (nSPS) is 11.9. The second-order valence-corrected chi connectivity index (χ2v) is 9.91. The lowest BCUT2D eigenvalue weighted by atomic mass is 10.1. The molecule has 5 rings (SSSR count). The van der Waals surface area contributed by atoms with Crippen LogP contribution in [0, 0.1) is 27.7 Å². The summed E-state index contributed by atoms with van der Waals surface area (Å²) in [4.78, 5) is 28.6. The Hall–Kier alpha value is -5.36. The second kappa shape index (κ2) is 13.3. The summed E-state index contributed by atoms with van der Waals surface area (Å²) in [5, 5.41) is 0.